The van der Waals surface area contributed by atoms with Gasteiger partial charge < -0.3 is 10.4 Å². The molecule has 1 saturated heterocycles. The number of nitrogens with one attached hydrogen (secondary N) is 1. The third kappa shape index (κ3) is 2.75. The molecule has 0 bridgehead atoms. The van der Waals surface area contributed by atoms with Crippen LogP contribution in [-0.4, -0.2) is 28.6 Å². The van der Waals surface area contributed by atoms with Gasteiger partial charge in [-0.3, -0.25) is 4.79 Å². The molecule has 2 aromatic carbocycles. The minimum Gasteiger partial charge on any atom is -0.507 e. The first kappa shape index (κ1) is 13.3. The number of hydrogen-bond donors (Lipinski definition) is 2. The lowest BCUT2D eigenvalue weighted by atomic mass is 10.0. The van der Waals surface area contributed by atoms with Gasteiger partial charge in [0, 0.05) is 6.04 Å². The van der Waals surface area contributed by atoms with E-state index in [0.29, 0.717) is 5.56 Å². The Morgan fingerprint density at radius 1 is 1.15 bits per heavy atom. The predicted octanol–water partition coefficient (Wildman–Crippen LogP) is 3.17. The summed E-state index contributed by atoms with van der Waals surface area (Å²) < 4.78 is 0. The fourth-order valence-electron chi connectivity index (χ4n) is 2.52. The molecule has 0 unspecified atom stereocenters. The van der Waals surface area contributed by atoms with Crippen molar-refractivity contribution in [3.8, 4) is 5.75 Å². The maximum Gasteiger partial charge on any atom is 0.255 e. The summed E-state index contributed by atoms with van der Waals surface area (Å²) >= 11 is 1.93. The van der Waals surface area contributed by atoms with Gasteiger partial charge in [-0.15, -0.1) is 0 Å². The molecule has 1 aliphatic heterocycles. The van der Waals surface area contributed by atoms with E-state index in [1.54, 1.807) is 12.1 Å². The van der Waals surface area contributed by atoms with Gasteiger partial charge in [-0.25, -0.2) is 0 Å². The number of carbonyl (C=O) groups is 1. The van der Waals surface area contributed by atoms with Crippen molar-refractivity contribution < 1.29 is 9.90 Å². The van der Waals surface area contributed by atoms with E-state index in [0.717, 1.165) is 35.1 Å². The van der Waals surface area contributed by atoms with Crippen molar-refractivity contribution in [2.45, 2.75) is 18.9 Å². The number of rotatable bonds is 2. The van der Waals surface area contributed by atoms with Gasteiger partial charge in [-0.1, -0.05) is 24.3 Å². The van der Waals surface area contributed by atoms with Crippen molar-refractivity contribution in [2.24, 2.45) is 0 Å². The quantitative estimate of drug-likeness (QED) is 0.892. The van der Waals surface area contributed by atoms with E-state index < -0.39 is 0 Å². The van der Waals surface area contributed by atoms with E-state index >= 15 is 0 Å². The zero-order valence-electron chi connectivity index (χ0n) is 11.1. The van der Waals surface area contributed by atoms with E-state index in [9.17, 15) is 9.90 Å². The number of benzene rings is 2. The Balaban J connectivity index is 1.84. The van der Waals surface area contributed by atoms with Crippen LogP contribution in [0.25, 0.3) is 10.8 Å². The van der Waals surface area contributed by atoms with Gasteiger partial charge in [0.25, 0.3) is 5.91 Å². The lowest BCUT2D eigenvalue weighted by molar-refractivity contribution is 0.0932. The summed E-state index contributed by atoms with van der Waals surface area (Å²) in [5, 5.41) is 15.0. The molecule has 0 aromatic heterocycles. The van der Waals surface area contributed by atoms with Gasteiger partial charge in [0.15, 0.2) is 0 Å². The molecule has 0 saturated carbocycles. The molecule has 3 rings (SSSR count). The molecule has 4 heteroatoms. The van der Waals surface area contributed by atoms with Crippen LogP contribution in [0.2, 0.25) is 0 Å². The van der Waals surface area contributed by atoms with Gasteiger partial charge in [-0.05, 0) is 47.3 Å². The third-order valence-corrected chi connectivity index (χ3v) is 4.71. The maximum atomic E-state index is 12.3. The monoisotopic (exact) mass is 287 g/mol. The van der Waals surface area contributed by atoms with Crippen molar-refractivity contribution in [1.82, 2.24) is 5.32 Å². The smallest absolute Gasteiger partial charge is 0.255 e. The van der Waals surface area contributed by atoms with Crippen LogP contribution < -0.4 is 5.32 Å². The minimum absolute atomic E-state index is 0.0476. The standard InChI is InChI=1S/C16H17NO2S/c18-15-10-12-4-2-1-3-11(12)9-14(15)16(19)17-13-5-7-20-8-6-13/h1-4,9-10,13,18H,5-8H2,(H,17,19). The Bertz CT molecular complexity index is 635. The SMILES string of the molecule is O=C(NC1CCSCC1)c1cc2ccccc2cc1O. The second kappa shape index (κ2) is 5.75. The number of amides is 1. The topological polar surface area (TPSA) is 49.3 Å². The second-order valence-electron chi connectivity index (χ2n) is 5.08. The highest BCUT2D eigenvalue weighted by Gasteiger charge is 2.19. The Labute approximate surface area is 122 Å². The summed E-state index contributed by atoms with van der Waals surface area (Å²) in [6.07, 6.45) is 2.01. The van der Waals surface area contributed by atoms with Crippen LogP contribution >= 0.6 is 11.8 Å². The fraction of sp³-hybridized carbons (Fsp3) is 0.312. The van der Waals surface area contributed by atoms with E-state index in [-0.39, 0.29) is 17.7 Å². The van der Waals surface area contributed by atoms with Gasteiger partial charge >= 0.3 is 0 Å². The van der Waals surface area contributed by atoms with Crippen LogP contribution in [-0.2, 0) is 0 Å². The summed E-state index contributed by atoms with van der Waals surface area (Å²) in [6.45, 7) is 0. The minimum atomic E-state index is -0.176. The van der Waals surface area contributed by atoms with E-state index in [1.165, 1.54) is 0 Å². The van der Waals surface area contributed by atoms with Gasteiger partial charge in [0.2, 0.25) is 0 Å². The first-order valence-corrected chi connectivity index (χ1v) is 8.00. The second-order valence-corrected chi connectivity index (χ2v) is 6.30. The Morgan fingerprint density at radius 3 is 2.50 bits per heavy atom. The van der Waals surface area contributed by atoms with Gasteiger partial charge in [0.05, 0.1) is 5.56 Å². The number of aromatic hydroxyl groups is 1. The molecule has 2 N–H and O–H groups in total. The van der Waals surface area contributed by atoms with Crippen molar-refractivity contribution >= 4 is 28.4 Å². The van der Waals surface area contributed by atoms with Crippen LogP contribution in [0.15, 0.2) is 36.4 Å². The number of phenolic OH excluding ortho intramolecular Hbond substituents is 1. The molecule has 2 aromatic rings. The largest absolute Gasteiger partial charge is 0.507 e. The molecule has 1 aliphatic rings. The van der Waals surface area contributed by atoms with Crippen molar-refractivity contribution in [1.29, 1.82) is 0 Å². The average Bonchev–Trinajstić information content (AvgIpc) is 2.47. The van der Waals surface area contributed by atoms with Crippen molar-refractivity contribution in [3.63, 3.8) is 0 Å². The predicted molar refractivity (Wildman–Crippen MR) is 83.4 cm³/mol. The molecule has 3 nitrogen and oxygen atoms in total. The normalized spacial score (nSPS) is 16.2. The van der Waals surface area contributed by atoms with Crippen LogP contribution in [0.3, 0.4) is 0 Å². The lowest BCUT2D eigenvalue weighted by Gasteiger charge is -2.22. The van der Waals surface area contributed by atoms with Gasteiger partial charge in [-0.2, -0.15) is 11.8 Å². The molecule has 0 aliphatic carbocycles. The Hall–Kier alpha value is -1.68. The summed E-state index contributed by atoms with van der Waals surface area (Å²) in [6, 6.07) is 11.4. The third-order valence-electron chi connectivity index (χ3n) is 3.67. The molecule has 0 atom stereocenters. The summed E-state index contributed by atoms with van der Waals surface area (Å²) in [7, 11) is 0. The first-order chi connectivity index (χ1) is 9.74. The van der Waals surface area contributed by atoms with Crippen LogP contribution in [0.4, 0.5) is 0 Å². The Kier molecular flexibility index (Phi) is 3.83. The summed E-state index contributed by atoms with van der Waals surface area (Å²) in [5.41, 5.74) is 0.363. The highest BCUT2D eigenvalue weighted by Crippen LogP contribution is 2.25. The molecule has 20 heavy (non-hydrogen) atoms. The highest BCUT2D eigenvalue weighted by molar-refractivity contribution is 7.99. The summed E-state index contributed by atoms with van der Waals surface area (Å²) in [4.78, 5) is 12.3. The van der Waals surface area contributed by atoms with E-state index in [1.807, 2.05) is 36.0 Å². The molecular weight excluding hydrogens is 270 g/mol. The van der Waals surface area contributed by atoms with Crippen molar-refractivity contribution in [2.75, 3.05) is 11.5 Å². The highest BCUT2D eigenvalue weighted by atomic mass is 32.2. The fourth-order valence-corrected chi connectivity index (χ4v) is 3.62. The average molecular weight is 287 g/mol. The zero-order valence-corrected chi connectivity index (χ0v) is 12.0. The van der Waals surface area contributed by atoms with Gasteiger partial charge in [0.1, 0.15) is 5.75 Å². The number of hydrogen-bond acceptors (Lipinski definition) is 3. The van der Waals surface area contributed by atoms with E-state index in [2.05, 4.69) is 5.32 Å². The lowest BCUT2D eigenvalue weighted by Crippen LogP contribution is -2.37. The molecule has 0 radical (unpaired) electrons. The van der Waals surface area contributed by atoms with E-state index in [4.69, 9.17) is 0 Å². The first-order valence-electron chi connectivity index (χ1n) is 6.84. The molecule has 1 amide bonds. The van der Waals surface area contributed by atoms with Crippen LogP contribution in [0.1, 0.15) is 23.2 Å². The maximum absolute atomic E-state index is 12.3. The Morgan fingerprint density at radius 2 is 1.80 bits per heavy atom. The number of carbonyl (C=O) groups excluding carboxylic acids is 1. The summed E-state index contributed by atoms with van der Waals surface area (Å²) in [5.74, 6) is 2.06. The van der Waals surface area contributed by atoms with Crippen LogP contribution in [0.5, 0.6) is 5.75 Å². The number of thioether (sulfide) groups is 1. The molecule has 104 valence electrons. The van der Waals surface area contributed by atoms with Crippen molar-refractivity contribution in [3.05, 3.63) is 42.0 Å². The number of fused-ring (bicyclic) bond motifs is 1. The van der Waals surface area contributed by atoms with Crippen LogP contribution in [0, 0.1) is 0 Å². The number of phenols is 1. The molecule has 0 spiro atoms. The molecule has 1 heterocycles. The molecule has 1 fully saturated rings. The molecular formula is C16H17NO2S. The zero-order chi connectivity index (χ0) is 13.9.